The highest BCUT2D eigenvalue weighted by Crippen LogP contribution is 2.19. The number of esters is 1. The van der Waals surface area contributed by atoms with Gasteiger partial charge >= 0.3 is 5.97 Å². The summed E-state index contributed by atoms with van der Waals surface area (Å²) in [6, 6.07) is 0. The summed E-state index contributed by atoms with van der Waals surface area (Å²) in [5.74, 6) is -0.489. The van der Waals surface area contributed by atoms with Gasteiger partial charge < -0.3 is 19.1 Å². The van der Waals surface area contributed by atoms with E-state index >= 15 is 0 Å². The highest BCUT2D eigenvalue weighted by Gasteiger charge is 2.33. The van der Waals surface area contributed by atoms with E-state index < -0.39 is 6.10 Å². The summed E-state index contributed by atoms with van der Waals surface area (Å²) in [5, 5.41) is 0. The van der Waals surface area contributed by atoms with Crippen molar-refractivity contribution in [2.45, 2.75) is 25.9 Å². The first-order chi connectivity index (χ1) is 9.22. The maximum atomic E-state index is 12.2. The molecule has 0 aromatic carbocycles. The summed E-state index contributed by atoms with van der Waals surface area (Å²) in [5.41, 5.74) is 0. The molecule has 6 nitrogen and oxygen atoms in total. The molecule has 19 heavy (non-hydrogen) atoms. The maximum Gasteiger partial charge on any atom is 0.310 e. The molecule has 0 aliphatic carbocycles. The Hall–Kier alpha value is -1.14. The third-order valence-corrected chi connectivity index (χ3v) is 3.44. The van der Waals surface area contributed by atoms with Crippen molar-refractivity contribution in [1.29, 1.82) is 0 Å². The monoisotopic (exact) mass is 271 g/mol. The molecule has 0 aromatic heterocycles. The van der Waals surface area contributed by atoms with Crippen LogP contribution in [0.4, 0.5) is 0 Å². The largest absolute Gasteiger partial charge is 0.466 e. The lowest BCUT2D eigenvalue weighted by atomic mass is 9.98. The lowest BCUT2D eigenvalue weighted by molar-refractivity contribution is -0.162. The highest BCUT2D eigenvalue weighted by atomic mass is 16.6. The lowest BCUT2D eigenvalue weighted by Gasteiger charge is -2.34. The minimum atomic E-state index is -0.519. The molecule has 0 spiro atoms. The zero-order chi connectivity index (χ0) is 13.7. The van der Waals surface area contributed by atoms with E-state index in [9.17, 15) is 9.59 Å². The van der Waals surface area contributed by atoms with Crippen molar-refractivity contribution in [3.8, 4) is 0 Å². The Morgan fingerprint density at radius 2 is 2.21 bits per heavy atom. The van der Waals surface area contributed by atoms with Crippen LogP contribution in [0.3, 0.4) is 0 Å². The molecule has 2 atom stereocenters. The Morgan fingerprint density at radius 1 is 1.37 bits per heavy atom. The van der Waals surface area contributed by atoms with Gasteiger partial charge in [-0.05, 0) is 19.8 Å². The number of carbonyl (C=O) groups is 2. The summed E-state index contributed by atoms with van der Waals surface area (Å²) < 4.78 is 15.7. The Balaban J connectivity index is 1.89. The minimum absolute atomic E-state index is 0.0753. The third kappa shape index (κ3) is 3.67. The van der Waals surface area contributed by atoms with Gasteiger partial charge in [-0.25, -0.2) is 0 Å². The molecule has 2 saturated heterocycles. The van der Waals surface area contributed by atoms with Crippen LogP contribution >= 0.6 is 0 Å². The zero-order valence-electron chi connectivity index (χ0n) is 11.3. The number of amides is 1. The van der Waals surface area contributed by atoms with Crippen LogP contribution in [0.25, 0.3) is 0 Å². The second-order valence-corrected chi connectivity index (χ2v) is 4.81. The molecule has 0 bridgehead atoms. The van der Waals surface area contributed by atoms with Gasteiger partial charge in [0.1, 0.15) is 0 Å². The molecule has 0 saturated carbocycles. The van der Waals surface area contributed by atoms with Gasteiger partial charge in [0.15, 0.2) is 6.10 Å². The van der Waals surface area contributed by atoms with Crippen molar-refractivity contribution in [2.75, 3.05) is 39.5 Å². The van der Waals surface area contributed by atoms with Crippen LogP contribution in [0.15, 0.2) is 0 Å². The molecule has 2 heterocycles. The normalized spacial score (nSPS) is 27.9. The van der Waals surface area contributed by atoms with Crippen LogP contribution < -0.4 is 0 Å². The van der Waals surface area contributed by atoms with E-state index in [1.54, 1.807) is 11.8 Å². The van der Waals surface area contributed by atoms with Gasteiger partial charge in [0.2, 0.25) is 0 Å². The summed E-state index contributed by atoms with van der Waals surface area (Å²) in [4.78, 5) is 25.7. The fraction of sp³-hybridized carbons (Fsp3) is 0.846. The number of rotatable bonds is 3. The van der Waals surface area contributed by atoms with Gasteiger partial charge in [0, 0.05) is 13.1 Å². The molecule has 0 aromatic rings. The van der Waals surface area contributed by atoms with Crippen LogP contribution in [-0.2, 0) is 23.8 Å². The van der Waals surface area contributed by atoms with Gasteiger partial charge in [0.25, 0.3) is 5.91 Å². The molecule has 108 valence electrons. The van der Waals surface area contributed by atoms with Crippen LogP contribution in [0.1, 0.15) is 19.8 Å². The number of nitrogens with zero attached hydrogens (tertiary/aromatic N) is 1. The van der Waals surface area contributed by atoms with Crippen molar-refractivity contribution in [1.82, 2.24) is 4.90 Å². The van der Waals surface area contributed by atoms with Gasteiger partial charge in [-0.15, -0.1) is 0 Å². The van der Waals surface area contributed by atoms with E-state index in [1.807, 2.05) is 0 Å². The second kappa shape index (κ2) is 6.86. The molecule has 2 aliphatic heterocycles. The van der Waals surface area contributed by atoms with E-state index in [0.29, 0.717) is 39.5 Å². The van der Waals surface area contributed by atoms with Gasteiger partial charge in [-0.1, -0.05) is 0 Å². The highest BCUT2D eigenvalue weighted by molar-refractivity contribution is 5.82. The van der Waals surface area contributed by atoms with Gasteiger partial charge in [-0.3, -0.25) is 9.59 Å². The topological polar surface area (TPSA) is 65.1 Å². The fourth-order valence-corrected chi connectivity index (χ4v) is 2.46. The van der Waals surface area contributed by atoms with Crippen molar-refractivity contribution in [3.63, 3.8) is 0 Å². The first kappa shape index (κ1) is 14.3. The first-order valence-electron chi connectivity index (χ1n) is 6.87. The molecule has 0 radical (unpaired) electrons. The predicted molar refractivity (Wildman–Crippen MR) is 66.5 cm³/mol. The molecule has 1 unspecified atom stereocenters. The van der Waals surface area contributed by atoms with Crippen molar-refractivity contribution >= 4 is 11.9 Å². The molecule has 6 heteroatoms. The lowest BCUT2D eigenvalue weighted by Crippen LogP contribution is -2.50. The predicted octanol–water partition coefficient (Wildman–Crippen LogP) is 0.204. The molecule has 2 fully saturated rings. The second-order valence-electron chi connectivity index (χ2n) is 4.81. The Kier molecular flexibility index (Phi) is 5.15. The number of hydrogen-bond acceptors (Lipinski definition) is 5. The Labute approximate surface area is 113 Å². The standard InChI is InChI=1S/C13H21NO5/c1-2-18-13(16)10-4-3-5-14(8-10)12(15)11-9-17-6-7-19-11/h10-11H,2-9H2,1H3/t10-,11?/m0/s1. The molecule has 2 rings (SSSR count). The fourth-order valence-electron chi connectivity index (χ4n) is 2.46. The van der Waals surface area contributed by atoms with Crippen LogP contribution in [-0.4, -0.2) is 62.4 Å². The van der Waals surface area contributed by atoms with E-state index in [4.69, 9.17) is 14.2 Å². The zero-order valence-corrected chi connectivity index (χ0v) is 11.3. The summed E-state index contributed by atoms with van der Waals surface area (Å²) >= 11 is 0. The number of ether oxygens (including phenoxy) is 3. The minimum Gasteiger partial charge on any atom is -0.466 e. The van der Waals surface area contributed by atoms with Crippen LogP contribution in [0.5, 0.6) is 0 Å². The molecule has 0 N–H and O–H groups in total. The van der Waals surface area contributed by atoms with Crippen molar-refractivity contribution in [3.05, 3.63) is 0 Å². The van der Waals surface area contributed by atoms with Crippen molar-refractivity contribution < 1.29 is 23.8 Å². The van der Waals surface area contributed by atoms with E-state index in [1.165, 1.54) is 0 Å². The Morgan fingerprint density at radius 3 is 2.89 bits per heavy atom. The molecule has 2 aliphatic rings. The van der Waals surface area contributed by atoms with Gasteiger partial charge in [0.05, 0.1) is 32.3 Å². The SMILES string of the molecule is CCOC(=O)[C@H]1CCCN(C(=O)C2COCCO2)C1. The Bertz CT molecular complexity index is 327. The van der Waals surface area contributed by atoms with Gasteiger partial charge in [-0.2, -0.15) is 0 Å². The number of likely N-dealkylation sites (tertiary alicyclic amines) is 1. The quantitative estimate of drug-likeness (QED) is 0.686. The summed E-state index contributed by atoms with van der Waals surface area (Å²) in [7, 11) is 0. The first-order valence-corrected chi connectivity index (χ1v) is 6.87. The number of hydrogen-bond donors (Lipinski definition) is 0. The average molecular weight is 271 g/mol. The third-order valence-electron chi connectivity index (χ3n) is 3.44. The van der Waals surface area contributed by atoms with Crippen LogP contribution in [0, 0.1) is 5.92 Å². The van der Waals surface area contributed by atoms with Crippen LogP contribution in [0.2, 0.25) is 0 Å². The molecular weight excluding hydrogens is 250 g/mol. The molecule has 1 amide bonds. The maximum absolute atomic E-state index is 12.2. The summed E-state index contributed by atoms with van der Waals surface area (Å²) in [6.45, 7) is 4.56. The number of carbonyl (C=O) groups excluding carboxylic acids is 2. The number of piperidine rings is 1. The van der Waals surface area contributed by atoms with E-state index in [-0.39, 0.29) is 17.8 Å². The smallest absolute Gasteiger partial charge is 0.310 e. The van der Waals surface area contributed by atoms with E-state index in [0.717, 1.165) is 12.8 Å². The molecular formula is C13H21NO5. The van der Waals surface area contributed by atoms with Crippen molar-refractivity contribution in [2.24, 2.45) is 5.92 Å². The van der Waals surface area contributed by atoms with E-state index in [2.05, 4.69) is 0 Å². The summed E-state index contributed by atoms with van der Waals surface area (Å²) in [6.07, 6.45) is 1.09. The average Bonchev–Trinajstić information content (AvgIpc) is 2.48.